The number of hydrogen-bond acceptors (Lipinski definition) is 5. The average Bonchev–Trinajstić information content (AvgIpc) is 2.69. The Labute approximate surface area is 168 Å². The molecule has 0 saturated carbocycles. The van der Waals surface area contributed by atoms with Gasteiger partial charge < -0.3 is 21.5 Å². The van der Waals surface area contributed by atoms with Gasteiger partial charge in [-0.05, 0) is 35.2 Å². The van der Waals surface area contributed by atoms with Crippen molar-refractivity contribution in [1.82, 2.24) is 15.5 Å². The van der Waals surface area contributed by atoms with Crippen LogP contribution in [-0.4, -0.2) is 40.5 Å². The number of carboxylic acids is 1. The van der Waals surface area contributed by atoms with E-state index in [9.17, 15) is 19.5 Å². The molecule has 1 saturated heterocycles. The first-order valence-corrected chi connectivity index (χ1v) is 9.38. The van der Waals surface area contributed by atoms with Gasteiger partial charge in [0.15, 0.2) is 6.04 Å². The molecular formula is C21H24N4O4. The summed E-state index contributed by atoms with van der Waals surface area (Å²) >= 11 is 0. The van der Waals surface area contributed by atoms with Gasteiger partial charge in [-0.1, -0.05) is 43.0 Å². The normalized spacial score (nSPS) is 18.2. The number of carbonyl (C=O) groups excluding carboxylic acids is 2. The third-order valence-corrected chi connectivity index (χ3v) is 4.99. The average molecular weight is 396 g/mol. The standard InChI is InChI=1S/C21H24N4O4/c1-13(22)23-10-4-7-17-18(20(27)28)25(19(17)26)21(29)24-12-14-8-9-15-5-2-3-6-16(15)11-14/h2-3,5-6,8-9,11,17-18,23H,1,4,7,10,12,22H2,(H,24,29)(H,27,28)/t17-,18?/m1/s1. The lowest BCUT2D eigenvalue weighted by molar-refractivity contribution is -0.166. The van der Waals surface area contributed by atoms with Crippen LogP contribution < -0.4 is 16.4 Å². The molecule has 2 aromatic carbocycles. The monoisotopic (exact) mass is 396 g/mol. The Balaban J connectivity index is 1.58. The Morgan fingerprint density at radius 2 is 1.86 bits per heavy atom. The molecule has 0 radical (unpaired) electrons. The summed E-state index contributed by atoms with van der Waals surface area (Å²) in [7, 11) is 0. The van der Waals surface area contributed by atoms with Crippen LogP contribution in [0.4, 0.5) is 4.79 Å². The molecule has 1 aliphatic heterocycles. The van der Waals surface area contributed by atoms with E-state index in [1.54, 1.807) is 0 Å². The molecule has 8 nitrogen and oxygen atoms in total. The smallest absolute Gasteiger partial charge is 0.327 e. The van der Waals surface area contributed by atoms with Crippen molar-refractivity contribution in [1.29, 1.82) is 0 Å². The number of nitrogens with zero attached hydrogens (tertiary/aromatic N) is 1. The fraction of sp³-hybridized carbons (Fsp3) is 0.286. The molecule has 8 heteroatoms. The Hall–Kier alpha value is -3.55. The van der Waals surface area contributed by atoms with Crippen molar-refractivity contribution in [2.75, 3.05) is 6.54 Å². The zero-order chi connectivity index (χ0) is 21.0. The van der Waals surface area contributed by atoms with E-state index >= 15 is 0 Å². The SMILES string of the molecule is C=C(N)NCCC[C@H]1C(=O)N(C(=O)NCc2ccc3ccccc3c2)C1C(=O)O. The van der Waals surface area contributed by atoms with Crippen LogP contribution in [0.15, 0.2) is 54.9 Å². The van der Waals surface area contributed by atoms with E-state index in [2.05, 4.69) is 17.2 Å². The van der Waals surface area contributed by atoms with Crippen molar-refractivity contribution in [2.45, 2.75) is 25.4 Å². The molecule has 0 aliphatic carbocycles. The number of hydrogen-bond donors (Lipinski definition) is 4. The number of carbonyl (C=O) groups is 3. The van der Waals surface area contributed by atoms with Crippen molar-refractivity contribution >= 4 is 28.7 Å². The van der Waals surface area contributed by atoms with Crippen molar-refractivity contribution in [3.8, 4) is 0 Å². The fourth-order valence-corrected chi connectivity index (χ4v) is 3.52. The topological polar surface area (TPSA) is 125 Å². The molecule has 0 bridgehead atoms. The molecule has 0 spiro atoms. The maximum absolute atomic E-state index is 12.4. The minimum Gasteiger partial charge on any atom is -0.480 e. The van der Waals surface area contributed by atoms with E-state index in [1.165, 1.54) is 0 Å². The number of amides is 3. The zero-order valence-corrected chi connectivity index (χ0v) is 15.9. The van der Waals surface area contributed by atoms with E-state index in [1.807, 2.05) is 42.5 Å². The van der Waals surface area contributed by atoms with Crippen LogP contribution >= 0.6 is 0 Å². The number of rotatable bonds is 8. The molecule has 152 valence electrons. The van der Waals surface area contributed by atoms with Crippen LogP contribution in [-0.2, 0) is 16.1 Å². The minimum absolute atomic E-state index is 0.201. The van der Waals surface area contributed by atoms with Gasteiger partial charge in [0.1, 0.15) is 0 Å². The highest BCUT2D eigenvalue weighted by Crippen LogP contribution is 2.31. The summed E-state index contributed by atoms with van der Waals surface area (Å²) in [4.78, 5) is 37.2. The summed E-state index contributed by atoms with van der Waals surface area (Å²) in [5.74, 6) is -2.06. The number of likely N-dealkylation sites (tertiary alicyclic amines) is 1. The second kappa shape index (κ2) is 8.64. The summed E-state index contributed by atoms with van der Waals surface area (Å²) in [6.45, 7) is 4.19. The summed E-state index contributed by atoms with van der Waals surface area (Å²) < 4.78 is 0. The number of urea groups is 1. The predicted molar refractivity (Wildman–Crippen MR) is 109 cm³/mol. The first-order chi connectivity index (χ1) is 13.9. The van der Waals surface area contributed by atoms with Crippen molar-refractivity contribution in [3.63, 3.8) is 0 Å². The van der Waals surface area contributed by atoms with Gasteiger partial charge in [0, 0.05) is 13.1 Å². The van der Waals surface area contributed by atoms with Crippen LogP contribution in [0.5, 0.6) is 0 Å². The largest absolute Gasteiger partial charge is 0.480 e. The Morgan fingerprint density at radius 3 is 2.55 bits per heavy atom. The van der Waals surface area contributed by atoms with Gasteiger partial charge >= 0.3 is 12.0 Å². The maximum atomic E-state index is 12.4. The fourth-order valence-electron chi connectivity index (χ4n) is 3.52. The third kappa shape index (κ3) is 4.48. The molecule has 1 aliphatic rings. The van der Waals surface area contributed by atoms with Crippen molar-refractivity contribution in [2.24, 2.45) is 11.7 Å². The second-order valence-electron chi connectivity index (χ2n) is 7.03. The Kier molecular flexibility index (Phi) is 6.01. The lowest BCUT2D eigenvalue weighted by Gasteiger charge is -2.42. The molecule has 3 amide bonds. The van der Waals surface area contributed by atoms with E-state index in [-0.39, 0.29) is 6.54 Å². The van der Waals surface area contributed by atoms with E-state index < -0.39 is 29.9 Å². The number of fused-ring (bicyclic) bond motifs is 1. The number of benzene rings is 2. The highest BCUT2D eigenvalue weighted by molar-refractivity contribution is 6.07. The van der Waals surface area contributed by atoms with Gasteiger partial charge in [-0.3, -0.25) is 4.79 Å². The number of nitrogens with one attached hydrogen (secondary N) is 2. The highest BCUT2D eigenvalue weighted by Gasteiger charge is 2.54. The van der Waals surface area contributed by atoms with Crippen LogP contribution in [0.2, 0.25) is 0 Å². The van der Waals surface area contributed by atoms with Crippen LogP contribution in [0.1, 0.15) is 18.4 Å². The number of nitrogens with two attached hydrogens (primary N) is 1. The van der Waals surface area contributed by atoms with E-state index in [4.69, 9.17) is 5.73 Å². The van der Waals surface area contributed by atoms with Gasteiger partial charge in [-0.2, -0.15) is 0 Å². The first kappa shape index (κ1) is 20.2. The van der Waals surface area contributed by atoms with Crippen LogP contribution in [0, 0.1) is 5.92 Å². The second-order valence-corrected chi connectivity index (χ2v) is 7.03. The van der Waals surface area contributed by atoms with Gasteiger partial charge in [-0.15, -0.1) is 0 Å². The van der Waals surface area contributed by atoms with Gasteiger partial charge in [0.05, 0.1) is 11.7 Å². The van der Waals surface area contributed by atoms with Gasteiger partial charge in [0.25, 0.3) is 0 Å². The highest BCUT2D eigenvalue weighted by atomic mass is 16.4. The molecule has 1 fully saturated rings. The van der Waals surface area contributed by atoms with Crippen LogP contribution in [0.25, 0.3) is 10.8 Å². The number of imide groups is 1. The molecule has 0 aromatic heterocycles. The number of carboxylic acid groups (broad SMARTS) is 1. The lowest BCUT2D eigenvalue weighted by atomic mass is 9.84. The van der Waals surface area contributed by atoms with Crippen molar-refractivity contribution in [3.05, 3.63) is 60.4 Å². The molecule has 2 atom stereocenters. The first-order valence-electron chi connectivity index (χ1n) is 9.38. The summed E-state index contributed by atoms with van der Waals surface area (Å²) in [5.41, 5.74) is 6.27. The molecule has 1 heterocycles. The molecule has 3 rings (SSSR count). The maximum Gasteiger partial charge on any atom is 0.327 e. The molecule has 29 heavy (non-hydrogen) atoms. The zero-order valence-electron chi connectivity index (χ0n) is 15.9. The van der Waals surface area contributed by atoms with Gasteiger partial charge in [-0.25, -0.2) is 14.5 Å². The van der Waals surface area contributed by atoms with Crippen molar-refractivity contribution < 1.29 is 19.5 Å². The summed E-state index contributed by atoms with van der Waals surface area (Å²) in [6, 6.07) is 11.8. The number of β-lactam (4-membered cyclic amide) rings is 1. The molecule has 5 N–H and O–H groups in total. The summed E-state index contributed by atoms with van der Waals surface area (Å²) in [6.07, 6.45) is 0.896. The number of aliphatic carboxylic acids is 1. The Morgan fingerprint density at radius 1 is 1.14 bits per heavy atom. The molecule has 1 unspecified atom stereocenters. The molecular weight excluding hydrogens is 372 g/mol. The van der Waals surface area contributed by atoms with E-state index in [0.717, 1.165) is 21.2 Å². The predicted octanol–water partition coefficient (Wildman–Crippen LogP) is 1.76. The Bertz CT molecular complexity index is 959. The van der Waals surface area contributed by atoms with E-state index in [0.29, 0.717) is 25.2 Å². The third-order valence-electron chi connectivity index (χ3n) is 4.99. The lowest BCUT2D eigenvalue weighted by Crippen LogP contribution is -2.68. The molecule has 2 aromatic rings. The minimum atomic E-state index is -1.19. The quantitative estimate of drug-likeness (QED) is 0.398. The van der Waals surface area contributed by atoms with Gasteiger partial charge in [0.2, 0.25) is 5.91 Å². The summed E-state index contributed by atoms with van der Waals surface area (Å²) in [5, 5.41) is 17.1. The van der Waals surface area contributed by atoms with Crippen LogP contribution in [0.3, 0.4) is 0 Å².